The third-order valence-corrected chi connectivity index (χ3v) is 4.88. The molecule has 0 bridgehead atoms. The molecule has 8 heteroatoms. The lowest BCUT2D eigenvalue weighted by atomic mass is 9.85. The highest BCUT2D eigenvalue weighted by Crippen LogP contribution is 2.34. The average molecular weight is 423 g/mol. The van der Waals surface area contributed by atoms with E-state index in [1.54, 1.807) is 13.8 Å². The van der Waals surface area contributed by atoms with Crippen molar-refractivity contribution in [2.45, 2.75) is 58.9 Å². The molecule has 28 heavy (non-hydrogen) atoms. The maximum Gasteiger partial charge on any atom is 0.416 e. The largest absolute Gasteiger partial charge is 0.491 e. The maximum absolute atomic E-state index is 13.4. The van der Waals surface area contributed by atoms with Gasteiger partial charge in [-0.2, -0.15) is 13.2 Å². The molecule has 1 aromatic rings. The van der Waals surface area contributed by atoms with Crippen LogP contribution in [0.25, 0.3) is 0 Å². The number of amides is 1. The SMILES string of the molecule is CC(C)Oc1ccc(CNC(=O)CC(C)C2CCCNC2)c(C(F)(F)F)c1.Cl. The van der Waals surface area contributed by atoms with Crippen molar-refractivity contribution in [3.05, 3.63) is 29.3 Å². The Balaban J connectivity index is 0.00000392. The number of alkyl halides is 3. The molecule has 2 unspecified atom stereocenters. The fourth-order valence-electron chi connectivity index (χ4n) is 3.41. The number of rotatable bonds is 7. The van der Waals surface area contributed by atoms with E-state index in [1.165, 1.54) is 12.1 Å². The quantitative estimate of drug-likeness (QED) is 0.677. The molecule has 0 spiro atoms. The lowest BCUT2D eigenvalue weighted by Gasteiger charge is -2.28. The number of carbonyl (C=O) groups excluding carboxylic acids is 1. The summed E-state index contributed by atoms with van der Waals surface area (Å²) < 4.78 is 45.5. The highest BCUT2D eigenvalue weighted by Gasteiger charge is 2.34. The van der Waals surface area contributed by atoms with Crippen molar-refractivity contribution in [3.63, 3.8) is 0 Å². The summed E-state index contributed by atoms with van der Waals surface area (Å²) in [6.45, 7) is 7.28. The third kappa shape index (κ3) is 7.51. The number of benzene rings is 1. The fourth-order valence-corrected chi connectivity index (χ4v) is 3.41. The van der Waals surface area contributed by atoms with Crippen LogP contribution in [0.3, 0.4) is 0 Å². The minimum Gasteiger partial charge on any atom is -0.491 e. The zero-order valence-corrected chi connectivity index (χ0v) is 17.4. The summed E-state index contributed by atoms with van der Waals surface area (Å²) in [5, 5.41) is 5.96. The first-order chi connectivity index (χ1) is 12.7. The Morgan fingerprint density at radius 2 is 2.04 bits per heavy atom. The highest BCUT2D eigenvalue weighted by molar-refractivity contribution is 5.85. The first-order valence-electron chi connectivity index (χ1n) is 9.51. The van der Waals surface area contributed by atoms with Crippen LogP contribution in [0.1, 0.15) is 51.2 Å². The Labute approximate surface area is 171 Å². The second-order valence-corrected chi connectivity index (χ2v) is 7.55. The first kappa shape index (κ1) is 24.6. The van der Waals surface area contributed by atoms with Crippen LogP contribution < -0.4 is 15.4 Å². The molecule has 2 N–H and O–H groups in total. The lowest BCUT2D eigenvalue weighted by Crippen LogP contribution is -2.35. The molecule has 160 valence electrons. The van der Waals surface area contributed by atoms with E-state index in [9.17, 15) is 18.0 Å². The van der Waals surface area contributed by atoms with Crippen LogP contribution in [-0.4, -0.2) is 25.1 Å². The minimum absolute atomic E-state index is 0. The van der Waals surface area contributed by atoms with Gasteiger partial charge in [0, 0.05) is 13.0 Å². The summed E-state index contributed by atoms with van der Waals surface area (Å²) in [5.41, 5.74) is -0.732. The second kappa shape index (κ2) is 10.9. The number of halogens is 4. The van der Waals surface area contributed by atoms with Gasteiger partial charge in [-0.05, 0) is 69.3 Å². The van der Waals surface area contributed by atoms with Crippen LogP contribution in [0.4, 0.5) is 13.2 Å². The van der Waals surface area contributed by atoms with Crippen LogP contribution in [0.5, 0.6) is 5.75 Å². The molecule has 0 saturated carbocycles. The molecule has 1 fully saturated rings. The molecule has 1 amide bonds. The van der Waals surface area contributed by atoms with Gasteiger partial charge in [0.05, 0.1) is 11.7 Å². The molecule has 2 atom stereocenters. The summed E-state index contributed by atoms with van der Waals surface area (Å²) in [6.07, 6.45) is -2.22. The predicted molar refractivity (Wildman–Crippen MR) is 106 cm³/mol. The molecule has 1 aliphatic heterocycles. The number of nitrogens with one attached hydrogen (secondary N) is 2. The molecule has 4 nitrogen and oxygen atoms in total. The molecule has 0 radical (unpaired) electrons. The van der Waals surface area contributed by atoms with E-state index >= 15 is 0 Å². The van der Waals surface area contributed by atoms with Crippen LogP contribution in [0, 0.1) is 11.8 Å². The molecular weight excluding hydrogens is 393 g/mol. The lowest BCUT2D eigenvalue weighted by molar-refractivity contribution is -0.138. The van der Waals surface area contributed by atoms with Crippen LogP contribution in [-0.2, 0) is 17.5 Å². The highest BCUT2D eigenvalue weighted by atomic mass is 35.5. The van der Waals surface area contributed by atoms with Crippen LogP contribution in [0.2, 0.25) is 0 Å². The van der Waals surface area contributed by atoms with Gasteiger partial charge in [-0.25, -0.2) is 0 Å². The van der Waals surface area contributed by atoms with Crippen LogP contribution >= 0.6 is 12.4 Å². The average Bonchev–Trinajstić information content (AvgIpc) is 2.60. The second-order valence-electron chi connectivity index (χ2n) is 7.55. The normalized spacial score (nSPS) is 18.3. The van der Waals surface area contributed by atoms with Crippen molar-refractivity contribution >= 4 is 18.3 Å². The molecule has 2 rings (SSSR count). The van der Waals surface area contributed by atoms with Gasteiger partial charge in [-0.3, -0.25) is 4.79 Å². The topological polar surface area (TPSA) is 50.4 Å². The van der Waals surface area contributed by atoms with Crippen molar-refractivity contribution < 1.29 is 22.7 Å². The van der Waals surface area contributed by atoms with Crippen LogP contribution in [0.15, 0.2) is 18.2 Å². The summed E-state index contributed by atoms with van der Waals surface area (Å²) in [6, 6.07) is 3.88. The third-order valence-electron chi connectivity index (χ3n) is 4.88. The first-order valence-corrected chi connectivity index (χ1v) is 9.51. The molecular formula is C20H30ClF3N2O2. The van der Waals surface area contributed by atoms with Crippen molar-refractivity contribution in [1.29, 1.82) is 0 Å². The van der Waals surface area contributed by atoms with Crippen molar-refractivity contribution in [2.24, 2.45) is 11.8 Å². The molecule has 1 aliphatic rings. The van der Waals surface area contributed by atoms with E-state index in [0.717, 1.165) is 32.0 Å². The summed E-state index contributed by atoms with van der Waals surface area (Å²) >= 11 is 0. The number of ether oxygens (including phenoxy) is 1. The number of hydrogen-bond donors (Lipinski definition) is 2. The van der Waals surface area contributed by atoms with E-state index in [-0.39, 0.29) is 48.2 Å². The smallest absolute Gasteiger partial charge is 0.416 e. The zero-order chi connectivity index (χ0) is 20.0. The van der Waals surface area contributed by atoms with E-state index < -0.39 is 11.7 Å². The van der Waals surface area contributed by atoms with E-state index in [4.69, 9.17) is 4.74 Å². The Kier molecular flexibility index (Phi) is 9.57. The van der Waals surface area contributed by atoms with E-state index in [2.05, 4.69) is 10.6 Å². The Hall–Kier alpha value is -1.47. The Morgan fingerprint density at radius 1 is 1.32 bits per heavy atom. The van der Waals surface area contributed by atoms with Gasteiger partial charge in [0.1, 0.15) is 5.75 Å². The van der Waals surface area contributed by atoms with E-state index in [1.807, 2.05) is 6.92 Å². The Bertz CT molecular complexity index is 632. The maximum atomic E-state index is 13.4. The fraction of sp³-hybridized carbons (Fsp3) is 0.650. The van der Waals surface area contributed by atoms with Gasteiger partial charge in [0.25, 0.3) is 0 Å². The minimum atomic E-state index is -4.50. The van der Waals surface area contributed by atoms with Gasteiger partial charge in [0.15, 0.2) is 0 Å². The van der Waals surface area contributed by atoms with E-state index in [0.29, 0.717) is 12.3 Å². The number of piperidine rings is 1. The standard InChI is InChI=1S/C20H29F3N2O2.ClH/c1-13(2)27-17-7-6-16(18(10-17)20(21,22)23)12-25-19(26)9-14(3)15-5-4-8-24-11-15;/h6-7,10,13-15,24H,4-5,8-9,11-12H2,1-3H3,(H,25,26);1H. The van der Waals surface area contributed by atoms with Crippen molar-refractivity contribution in [3.8, 4) is 5.75 Å². The molecule has 1 heterocycles. The van der Waals surface area contributed by atoms with Gasteiger partial charge >= 0.3 is 6.18 Å². The zero-order valence-electron chi connectivity index (χ0n) is 16.6. The molecule has 1 saturated heterocycles. The van der Waals surface area contributed by atoms with Gasteiger partial charge in [-0.1, -0.05) is 13.0 Å². The number of carbonyl (C=O) groups is 1. The monoisotopic (exact) mass is 422 g/mol. The van der Waals surface area contributed by atoms with Crippen molar-refractivity contribution in [2.75, 3.05) is 13.1 Å². The molecule has 1 aromatic carbocycles. The van der Waals surface area contributed by atoms with Gasteiger partial charge < -0.3 is 15.4 Å². The van der Waals surface area contributed by atoms with Gasteiger partial charge in [0.2, 0.25) is 5.91 Å². The summed E-state index contributed by atoms with van der Waals surface area (Å²) in [7, 11) is 0. The predicted octanol–water partition coefficient (Wildman–Crippen LogP) is 4.56. The van der Waals surface area contributed by atoms with Gasteiger partial charge in [-0.15, -0.1) is 12.4 Å². The van der Waals surface area contributed by atoms with Crippen molar-refractivity contribution in [1.82, 2.24) is 10.6 Å². The number of hydrogen-bond acceptors (Lipinski definition) is 3. The summed E-state index contributed by atoms with van der Waals surface area (Å²) in [5.74, 6) is 0.582. The Morgan fingerprint density at radius 3 is 2.61 bits per heavy atom. The summed E-state index contributed by atoms with van der Waals surface area (Å²) in [4.78, 5) is 12.2. The molecule has 0 aromatic heterocycles. The molecule has 0 aliphatic carbocycles.